The number of unbranched alkanes of at least 4 members (excludes halogenated alkanes) is 1. The van der Waals surface area contributed by atoms with E-state index in [1.807, 2.05) is 0 Å². The molecule has 1 fully saturated rings. The van der Waals surface area contributed by atoms with Gasteiger partial charge in [0, 0.05) is 6.54 Å². The van der Waals surface area contributed by atoms with Crippen molar-refractivity contribution in [1.82, 2.24) is 4.90 Å². The van der Waals surface area contributed by atoms with Crippen molar-refractivity contribution in [3.63, 3.8) is 0 Å². The molecule has 1 heterocycles. The van der Waals surface area contributed by atoms with Gasteiger partial charge in [0.1, 0.15) is 0 Å². The van der Waals surface area contributed by atoms with Crippen molar-refractivity contribution in [2.45, 2.75) is 32.6 Å². The van der Waals surface area contributed by atoms with Gasteiger partial charge in [-0.05, 0) is 32.4 Å². The van der Waals surface area contributed by atoms with Crippen LogP contribution in [0.4, 0.5) is 0 Å². The van der Waals surface area contributed by atoms with E-state index in [0.717, 1.165) is 5.92 Å². The van der Waals surface area contributed by atoms with E-state index in [1.54, 1.807) is 0 Å². The van der Waals surface area contributed by atoms with Crippen LogP contribution in [0.3, 0.4) is 0 Å². The first kappa shape index (κ1) is 8.06. The number of nitrogens with zero attached hydrogens (tertiary/aromatic N) is 1. The Bertz CT molecular complexity index is 90.7. The van der Waals surface area contributed by atoms with Gasteiger partial charge >= 0.3 is 0 Å². The average molecular weight is 141 g/mol. The van der Waals surface area contributed by atoms with Crippen LogP contribution in [0, 0.1) is 5.92 Å². The molecule has 0 aromatic carbocycles. The second-order valence-electron chi connectivity index (χ2n) is 3.56. The molecule has 0 unspecified atom stereocenters. The Morgan fingerprint density at radius 1 is 1.50 bits per heavy atom. The van der Waals surface area contributed by atoms with Crippen molar-refractivity contribution in [3.8, 4) is 0 Å². The van der Waals surface area contributed by atoms with Gasteiger partial charge in [-0.25, -0.2) is 0 Å². The quantitative estimate of drug-likeness (QED) is 0.582. The maximum atomic E-state index is 2.44. The second-order valence-corrected chi connectivity index (χ2v) is 3.56. The predicted octanol–water partition coefficient (Wildman–Crippen LogP) is 2.13. The van der Waals surface area contributed by atoms with Gasteiger partial charge in [-0.2, -0.15) is 0 Å². The van der Waals surface area contributed by atoms with Gasteiger partial charge in [0.05, 0.1) is 0 Å². The minimum Gasteiger partial charge on any atom is -0.306 e. The van der Waals surface area contributed by atoms with Gasteiger partial charge in [0.15, 0.2) is 0 Å². The highest BCUT2D eigenvalue weighted by atomic mass is 15.1. The summed E-state index contributed by atoms with van der Waals surface area (Å²) in [5.41, 5.74) is 0. The monoisotopic (exact) mass is 141 g/mol. The van der Waals surface area contributed by atoms with E-state index >= 15 is 0 Å². The molecule has 0 aliphatic carbocycles. The first-order valence-electron chi connectivity index (χ1n) is 4.51. The lowest BCUT2D eigenvalue weighted by molar-refractivity contribution is 0.384. The van der Waals surface area contributed by atoms with Crippen LogP contribution in [-0.2, 0) is 0 Å². The Kier molecular flexibility index (Phi) is 3.20. The minimum absolute atomic E-state index is 1.02. The van der Waals surface area contributed by atoms with Crippen molar-refractivity contribution in [2.75, 3.05) is 20.1 Å². The van der Waals surface area contributed by atoms with Gasteiger partial charge in [-0.1, -0.05) is 19.8 Å². The lowest BCUT2D eigenvalue weighted by Gasteiger charge is -2.08. The van der Waals surface area contributed by atoms with E-state index in [9.17, 15) is 0 Å². The van der Waals surface area contributed by atoms with Crippen LogP contribution in [0.25, 0.3) is 0 Å². The van der Waals surface area contributed by atoms with E-state index < -0.39 is 0 Å². The van der Waals surface area contributed by atoms with E-state index in [-0.39, 0.29) is 0 Å². The van der Waals surface area contributed by atoms with E-state index in [0.29, 0.717) is 0 Å². The molecular formula is C9H19N. The smallest absolute Gasteiger partial charge is 0.000708 e. The Morgan fingerprint density at radius 3 is 2.80 bits per heavy atom. The predicted molar refractivity (Wildman–Crippen MR) is 45.1 cm³/mol. The second kappa shape index (κ2) is 3.97. The Balaban J connectivity index is 2.06. The fourth-order valence-electron chi connectivity index (χ4n) is 1.75. The van der Waals surface area contributed by atoms with Crippen LogP contribution in [0.15, 0.2) is 0 Å². The zero-order chi connectivity index (χ0) is 7.40. The van der Waals surface area contributed by atoms with Crippen LogP contribution >= 0.6 is 0 Å². The first-order valence-corrected chi connectivity index (χ1v) is 4.51. The van der Waals surface area contributed by atoms with Crippen LogP contribution in [0.5, 0.6) is 0 Å². The molecule has 1 aliphatic rings. The average Bonchev–Trinajstić information content (AvgIpc) is 2.31. The maximum Gasteiger partial charge on any atom is 0.000708 e. The summed E-state index contributed by atoms with van der Waals surface area (Å²) >= 11 is 0. The molecule has 1 saturated heterocycles. The Morgan fingerprint density at radius 2 is 2.30 bits per heavy atom. The fraction of sp³-hybridized carbons (Fsp3) is 1.00. The third kappa shape index (κ3) is 2.30. The normalized spacial score (nSPS) is 27.6. The molecule has 1 nitrogen and oxygen atoms in total. The third-order valence-electron chi connectivity index (χ3n) is 2.45. The fourth-order valence-corrected chi connectivity index (χ4v) is 1.75. The molecule has 0 amide bonds. The zero-order valence-corrected chi connectivity index (χ0v) is 7.27. The maximum absolute atomic E-state index is 2.44. The van der Waals surface area contributed by atoms with Crippen LogP contribution in [0.2, 0.25) is 0 Å². The molecule has 1 rings (SSSR count). The SMILES string of the molecule is CCCC[C@@H]1CCN(C)C1. The van der Waals surface area contributed by atoms with Crippen LogP contribution in [-0.4, -0.2) is 25.0 Å². The van der Waals surface area contributed by atoms with E-state index in [1.165, 1.54) is 38.8 Å². The molecule has 10 heavy (non-hydrogen) atoms. The van der Waals surface area contributed by atoms with Crippen molar-refractivity contribution in [1.29, 1.82) is 0 Å². The van der Waals surface area contributed by atoms with Gasteiger partial charge < -0.3 is 4.90 Å². The summed E-state index contributed by atoms with van der Waals surface area (Å²) in [6.07, 6.45) is 5.69. The van der Waals surface area contributed by atoms with Crippen LogP contribution < -0.4 is 0 Å². The topological polar surface area (TPSA) is 3.24 Å². The zero-order valence-electron chi connectivity index (χ0n) is 7.27. The first-order chi connectivity index (χ1) is 4.83. The summed E-state index contributed by atoms with van der Waals surface area (Å²) in [6.45, 7) is 4.95. The summed E-state index contributed by atoms with van der Waals surface area (Å²) in [5.74, 6) is 1.02. The van der Waals surface area contributed by atoms with Gasteiger partial charge in [-0.3, -0.25) is 0 Å². The summed E-state index contributed by atoms with van der Waals surface area (Å²) < 4.78 is 0. The molecule has 0 aromatic rings. The summed E-state index contributed by atoms with van der Waals surface area (Å²) in [5, 5.41) is 0. The molecule has 1 atom stereocenters. The number of likely N-dealkylation sites (tertiary alicyclic amines) is 1. The molecule has 1 aliphatic heterocycles. The summed E-state index contributed by atoms with van der Waals surface area (Å²) in [4.78, 5) is 2.44. The number of hydrogen-bond donors (Lipinski definition) is 0. The standard InChI is InChI=1S/C9H19N/c1-3-4-5-9-6-7-10(2)8-9/h9H,3-8H2,1-2H3/t9-/m1/s1. The molecule has 0 bridgehead atoms. The highest BCUT2D eigenvalue weighted by molar-refractivity contribution is 4.72. The van der Waals surface area contributed by atoms with Crippen molar-refractivity contribution in [2.24, 2.45) is 5.92 Å². The van der Waals surface area contributed by atoms with E-state index in [4.69, 9.17) is 0 Å². The highest BCUT2D eigenvalue weighted by Crippen LogP contribution is 2.19. The Hall–Kier alpha value is -0.0400. The lowest BCUT2D eigenvalue weighted by atomic mass is 10.0. The van der Waals surface area contributed by atoms with Crippen LogP contribution in [0.1, 0.15) is 32.6 Å². The number of hydrogen-bond acceptors (Lipinski definition) is 1. The highest BCUT2D eigenvalue weighted by Gasteiger charge is 2.17. The van der Waals surface area contributed by atoms with Gasteiger partial charge in [0.25, 0.3) is 0 Å². The molecule has 0 aromatic heterocycles. The van der Waals surface area contributed by atoms with E-state index in [2.05, 4.69) is 18.9 Å². The Labute approximate surface area is 64.4 Å². The molecular weight excluding hydrogens is 122 g/mol. The molecule has 60 valence electrons. The van der Waals surface area contributed by atoms with Crippen molar-refractivity contribution >= 4 is 0 Å². The summed E-state index contributed by atoms with van der Waals surface area (Å²) in [7, 11) is 2.23. The van der Waals surface area contributed by atoms with Crippen molar-refractivity contribution in [3.05, 3.63) is 0 Å². The van der Waals surface area contributed by atoms with Crippen molar-refractivity contribution < 1.29 is 0 Å². The number of rotatable bonds is 3. The third-order valence-corrected chi connectivity index (χ3v) is 2.45. The molecule has 0 N–H and O–H groups in total. The molecule has 1 heteroatoms. The largest absolute Gasteiger partial charge is 0.306 e. The molecule has 0 saturated carbocycles. The molecule has 0 spiro atoms. The minimum atomic E-state index is 1.02. The lowest BCUT2D eigenvalue weighted by Crippen LogP contribution is -2.13. The van der Waals surface area contributed by atoms with Gasteiger partial charge in [-0.15, -0.1) is 0 Å². The van der Waals surface area contributed by atoms with Gasteiger partial charge in [0.2, 0.25) is 0 Å². The summed E-state index contributed by atoms with van der Waals surface area (Å²) in [6, 6.07) is 0. The molecule has 0 radical (unpaired) electrons.